The van der Waals surface area contributed by atoms with E-state index in [2.05, 4.69) is 5.32 Å². The van der Waals surface area contributed by atoms with Gasteiger partial charge in [0.05, 0.1) is 12.0 Å². The number of halogens is 5. The van der Waals surface area contributed by atoms with Crippen molar-refractivity contribution >= 4 is 11.8 Å². The van der Waals surface area contributed by atoms with E-state index >= 15 is 0 Å². The normalized spacial score (nSPS) is 11.2. The van der Waals surface area contributed by atoms with Gasteiger partial charge < -0.3 is 10.2 Å². The maximum absolute atomic E-state index is 13.3. The van der Waals surface area contributed by atoms with E-state index in [1.54, 1.807) is 0 Å². The smallest absolute Gasteiger partial charge is 0.351 e. The topological polar surface area (TPSA) is 49.4 Å². The van der Waals surface area contributed by atoms with Gasteiger partial charge in [-0.25, -0.2) is 8.78 Å². The van der Waals surface area contributed by atoms with E-state index in [9.17, 15) is 31.5 Å². The summed E-state index contributed by atoms with van der Waals surface area (Å²) >= 11 is 0. The van der Waals surface area contributed by atoms with Crippen LogP contribution in [-0.4, -0.2) is 43.0 Å². The lowest BCUT2D eigenvalue weighted by molar-refractivity contribution is -0.143. The number of alkyl halides is 3. The standard InChI is InChI=1S/C14H15F5N2O2/c1-21(7-5-14(17,18)19)12(22)4-6-20-13(23)10-3-2-9(15)8-11(10)16/h2-3,8H,4-7H2,1H3,(H,20,23). The molecule has 128 valence electrons. The molecule has 0 aliphatic rings. The summed E-state index contributed by atoms with van der Waals surface area (Å²) in [5.41, 5.74) is -0.385. The Morgan fingerprint density at radius 2 is 1.87 bits per heavy atom. The number of carbonyl (C=O) groups is 2. The lowest BCUT2D eigenvalue weighted by Gasteiger charge is -2.18. The summed E-state index contributed by atoms with van der Waals surface area (Å²) in [4.78, 5) is 24.1. The van der Waals surface area contributed by atoms with Gasteiger partial charge in [0.2, 0.25) is 5.91 Å². The average Bonchev–Trinajstić information content (AvgIpc) is 2.43. The largest absolute Gasteiger partial charge is 0.390 e. The van der Waals surface area contributed by atoms with Crippen LogP contribution in [0.4, 0.5) is 22.0 Å². The molecule has 2 amide bonds. The summed E-state index contributed by atoms with van der Waals surface area (Å²) in [6, 6.07) is 2.41. The van der Waals surface area contributed by atoms with E-state index in [1.165, 1.54) is 7.05 Å². The number of carbonyl (C=O) groups excluding carboxylic acids is 2. The van der Waals surface area contributed by atoms with Crippen molar-refractivity contribution in [1.29, 1.82) is 0 Å². The Morgan fingerprint density at radius 3 is 2.43 bits per heavy atom. The van der Waals surface area contributed by atoms with Gasteiger partial charge in [-0.15, -0.1) is 0 Å². The maximum atomic E-state index is 13.3. The minimum atomic E-state index is -4.36. The molecule has 0 heterocycles. The zero-order valence-electron chi connectivity index (χ0n) is 12.2. The molecule has 4 nitrogen and oxygen atoms in total. The molecule has 23 heavy (non-hydrogen) atoms. The third-order valence-electron chi connectivity index (χ3n) is 2.96. The summed E-state index contributed by atoms with van der Waals surface area (Å²) in [5.74, 6) is -3.31. The number of rotatable bonds is 6. The summed E-state index contributed by atoms with van der Waals surface area (Å²) in [5, 5.41) is 2.25. The van der Waals surface area contributed by atoms with Gasteiger partial charge in [0.1, 0.15) is 11.6 Å². The second kappa shape index (κ2) is 7.89. The third-order valence-corrected chi connectivity index (χ3v) is 2.96. The highest BCUT2D eigenvalue weighted by Crippen LogP contribution is 2.19. The molecule has 0 saturated heterocycles. The second-order valence-corrected chi connectivity index (χ2v) is 4.81. The van der Waals surface area contributed by atoms with E-state index in [0.29, 0.717) is 6.07 Å². The van der Waals surface area contributed by atoms with Crippen molar-refractivity contribution < 1.29 is 31.5 Å². The molecule has 1 aromatic carbocycles. The first-order valence-electron chi connectivity index (χ1n) is 6.64. The highest BCUT2D eigenvalue weighted by molar-refractivity contribution is 5.94. The van der Waals surface area contributed by atoms with Crippen molar-refractivity contribution in [2.24, 2.45) is 0 Å². The molecule has 0 spiro atoms. The van der Waals surface area contributed by atoms with Gasteiger partial charge >= 0.3 is 6.18 Å². The summed E-state index contributed by atoms with van der Waals surface area (Å²) in [6.07, 6.45) is -5.71. The Balaban J connectivity index is 2.41. The Kier molecular flexibility index (Phi) is 6.47. The van der Waals surface area contributed by atoms with E-state index < -0.39 is 42.6 Å². The Hall–Kier alpha value is -2.19. The van der Waals surface area contributed by atoms with E-state index in [4.69, 9.17) is 0 Å². The quantitative estimate of drug-likeness (QED) is 0.810. The molecular weight excluding hydrogens is 323 g/mol. The fourth-order valence-electron chi connectivity index (χ4n) is 1.66. The van der Waals surface area contributed by atoms with E-state index in [1.807, 2.05) is 0 Å². The molecular formula is C14H15F5N2O2. The van der Waals surface area contributed by atoms with Gasteiger partial charge in [0.15, 0.2) is 0 Å². The molecule has 1 N–H and O–H groups in total. The van der Waals surface area contributed by atoms with Crippen LogP contribution in [0, 0.1) is 11.6 Å². The minimum Gasteiger partial charge on any atom is -0.351 e. The number of amides is 2. The maximum Gasteiger partial charge on any atom is 0.390 e. The predicted octanol–water partition coefficient (Wildman–Crippen LogP) is 2.50. The molecule has 0 aliphatic heterocycles. The SMILES string of the molecule is CN(CCC(F)(F)F)C(=O)CCNC(=O)c1ccc(F)cc1F. The third kappa shape index (κ3) is 6.62. The first-order chi connectivity index (χ1) is 10.6. The number of hydrogen-bond donors (Lipinski definition) is 1. The monoisotopic (exact) mass is 338 g/mol. The van der Waals surface area contributed by atoms with Crippen molar-refractivity contribution in [3.63, 3.8) is 0 Å². The summed E-state index contributed by atoms with van der Waals surface area (Å²) in [7, 11) is 1.22. The van der Waals surface area contributed by atoms with Crippen molar-refractivity contribution in [2.45, 2.75) is 19.0 Å². The van der Waals surface area contributed by atoms with Crippen molar-refractivity contribution in [1.82, 2.24) is 10.2 Å². The Bertz CT molecular complexity index is 575. The Labute approximate surface area is 129 Å². The molecule has 1 rings (SSSR count). The van der Waals surface area contributed by atoms with Crippen LogP contribution >= 0.6 is 0 Å². The van der Waals surface area contributed by atoms with Gasteiger partial charge in [0, 0.05) is 32.6 Å². The van der Waals surface area contributed by atoms with Crippen LogP contribution < -0.4 is 5.32 Å². The van der Waals surface area contributed by atoms with Crippen LogP contribution in [0.5, 0.6) is 0 Å². The molecule has 0 aliphatic carbocycles. The molecule has 0 fully saturated rings. The number of hydrogen-bond acceptors (Lipinski definition) is 2. The van der Waals surface area contributed by atoms with Crippen LogP contribution in [0.2, 0.25) is 0 Å². The predicted molar refractivity (Wildman–Crippen MR) is 71.6 cm³/mol. The zero-order valence-corrected chi connectivity index (χ0v) is 12.2. The van der Waals surface area contributed by atoms with Gasteiger partial charge in [-0.2, -0.15) is 13.2 Å². The molecule has 0 bridgehead atoms. The molecule has 0 radical (unpaired) electrons. The fourth-order valence-corrected chi connectivity index (χ4v) is 1.66. The highest BCUT2D eigenvalue weighted by atomic mass is 19.4. The molecule has 0 unspecified atom stereocenters. The van der Waals surface area contributed by atoms with Crippen LogP contribution in [-0.2, 0) is 4.79 Å². The lowest BCUT2D eigenvalue weighted by Crippen LogP contribution is -2.34. The summed E-state index contributed by atoms with van der Waals surface area (Å²) in [6.45, 7) is -0.659. The van der Waals surface area contributed by atoms with Crippen LogP contribution in [0.3, 0.4) is 0 Å². The first-order valence-corrected chi connectivity index (χ1v) is 6.64. The molecule has 9 heteroatoms. The van der Waals surface area contributed by atoms with Crippen LogP contribution in [0.1, 0.15) is 23.2 Å². The Morgan fingerprint density at radius 1 is 1.22 bits per heavy atom. The second-order valence-electron chi connectivity index (χ2n) is 4.81. The van der Waals surface area contributed by atoms with E-state index in [-0.39, 0.29) is 18.5 Å². The lowest BCUT2D eigenvalue weighted by atomic mass is 10.2. The molecule has 0 aromatic heterocycles. The minimum absolute atomic E-state index is 0.176. The van der Waals surface area contributed by atoms with Gasteiger partial charge in [-0.05, 0) is 12.1 Å². The first kappa shape index (κ1) is 18.9. The number of nitrogens with zero attached hydrogens (tertiary/aromatic N) is 1. The van der Waals surface area contributed by atoms with Crippen molar-refractivity contribution in [3.05, 3.63) is 35.4 Å². The molecule has 1 aromatic rings. The van der Waals surface area contributed by atoms with E-state index in [0.717, 1.165) is 17.0 Å². The van der Waals surface area contributed by atoms with Gasteiger partial charge in [0.25, 0.3) is 5.91 Å². The van der Waals surface area contributed by atoms with Crippen LogP contribution in [0.15, 0.2) is 18.2 Å². The van der Waals surface area contributed by atoms with Crippen molar-refractivity contribution in [2.75, 3.05) is 20.1 Å². The average molecular weight is 338 g/mol. The fraction of sp³-hybridized carbons (Fsp3) is 0.429. The van der Waals surface area contributed by atoms with Crippen LogP contribution in [0.25, 0.3) is 0 Å². The number of nitrogens with one attached hydrogen (secondary N) is 1. The molecule has 0 saturated carbocycles. The van der Waals surface area contributed by atoms with Gasteiger partial charge in [-0.3, -0.25) is 9.59 Å². The number of benzene rings is 1. The zero-order chi connectivity index (χ0) is 17.6. The summed E-state index contributed by atoms with van der Waals surface area (Å²) < 4.78 is 62.2. The highest BCUT2D eigenvalue weighted by Gasteiger charge is 2.28. The van der Waals surface area contributed by atoms with Crippen molar-refractivity contribution in [3.8, 4) is 0 Å². The van der Waals surface area contributed by atoms with Gasteiger partial charge in [-0.1, -0.05) is 0 Å². The molecule has 0 atom stereocenters.